The molecule has 0 amide bonds. The summed E-state index contributed by atoms with van der Waals surface area (Å²) in [6, 6.07) is 13.3. The summed E-state index contributed by atoms with van der Waals surface area (Å²) in [5.74, 6) is 2.29. The molecule has 0 aliphatic rings. The van der Waals surface area contributed by atoms with E-state index < -0.39 is 0 Å². The van der Waals surface area contributed by atoms with Crippen molar-refractivity contribution >= 4 is 35.6 Å². The molecule has 23 heavy (non-hydrogen) atoms. The van der Waals surface area contributed by atoms with E-state index in [1.807, 2.05) is 36.4 Å². The van der Waals surface area contributed by atoms with Crippen molar-refractivity contribution < 1.29 is 4.42 Å². The summed E-state index contributed by atoms with van der Waals surface area (Å²) in [4.78, 5) is 8.60. The van der Waals surface area contributed by atoms with E-state index >= 15 is 0 Å². The number of benzene rings is 1. The number of guanidine groups is 1. The third-order valence-electron chi connectivity index (χ3n) is 2.95. The molecule has 0 aliphatic heterocycles. The predicted octanol–water partition coefficient (Wildman–Crippen LogP) is 2.65. The Morgan fingerprint density at radius 1 is 1.22 bits per heavy atom. The maximum Gasteiger partial charge on any atom is 0.216 e. The number of aromatic amines is 1. The van der Waals surface area contributed by atoms with Crippen LogP contribution in [0.5, 0.6) is 0 Å². The first kappa shape index (κ1) is 17.0. The van der Waals surface area contributed by atoms with Crippen LogP contribution in [0.1, 0.15) is 5.82 Å². The number of aromatic nitrogens is 3. The zero-order chi connectivity index (χ0) is 15.2. The molecule has 0 saturated carbocycles. The number of aliphatic imine (C=N–C) groups is 1. The SMILES string of the molecule is I.NC(=NCCc1nc(-c2ccco2)n[nH]1)Nc1ccccc1. The summed E-state index contributed by atoms with van der Waals surface area (Å²) in [6.45, 7) is 0.512. The summed E-state index contributed by atoms with van der Waals surface area (Å²) < 4.78 is 5.24. The fourth-order valence-electron chi connectivity index (χ4n) is 1.91. The fraction of sp³-hybridized carbons (Fsp3) is 0.133. The third-order valence-corrected chi connectivity index (χ3v) is 2.95. The number of nitrogens with one attached hydrogen (secondary N) is 2. The van der Waals surface area contributed by atoms with E-state index in [4.69, 9.17) is 10.2 Å². The molecule has 0 spiro atoms. The number of nitrogens with zero attached hydrogens (tertiary/aromatic N) is 3. The van der Waals surface area contributed by atoms with E-state index in [-0.39, 0.29) is 24.0 Å². The van der Waals surface area contributed by atoms with E-state index in [1.165, 1.54) is 0 Å². The van der Waals surface area contributed by atoms with Gasteiger partial charge in [0.2, 0.25) is 5.82 Å². The normalized spacial score (nSPS) is 11.0. The average molecular weight is 424 g/mol. The van der Waals surface area contributed by atoms with E-state index in [0.29, 0.717) is 30.5 Å². The molecule has 0 unspecified atom stereocenters. The van der Waals surface area contributed by atoms with Crippen molar-refractivity contribution in [3.8, 4) is 11.6 Å². The van der Waals surface area contributed by atoms with Crippen LogP contribution in [0.15, 0.2) is 58.1 Å². The number of hydrogen-bond donors (Lipinski definition) is 3. The Hall–Kier alpha value is -2.36. The van der Waals surface area contributed by atoms with Gasteiger partial charge in [-0.2, -0.15) is 5.10 Å². The lowest BCUT2D eigenvalue weighted by molar-refractivity contribution is 0.577. The van der Waals surface area contributed by atoms with Gasteiger partial charge < -0.3 is 15.5 Å². The second-order valence-corrected chi connectivity index (χ2v) is 4.59. The number of para-hydroxylation sites is 1. The zero-order valence-electron chi connectivity index (χ0n) is 12.3. The minimum Gasteiger partial charge on any atom is -0.461 e. The van der Waals surface area contributed by atoms with Crippen LogP contribution in [0.4, 0.5) is 5.69 Å². The molecule has 3 aromatic rings. The van der Waals surface area contributed by atoms with Gasteiger partial charge in [-0.1, -0.05) is 18.2 Å². The molecule has 7 nitrogen and oxygen atoms in total. The quantitative estimate of drug-likeness (QED) is 0.332. The first-order chi connectivity index (χ1) is 10.8. The lowest BCUT2D eigenvalue weighted by Gasteiger charge is -2.04. The zero-order valence-corrected chi connectivity index (χ0v) is 14.6. The predicted molar refractivity (Wildman–Crippen MR) is 99.8 cm³/mol. The lowest BCUT2D eigenvalue weighted by Crippen LogP contribution is -2.23. The Morgan fingerprint density at radius 3 is 2.78 bits per heavy atom. The molecule has 0 saturated heterocycles. The third kappa shape index (κ3) is 4.81. The number of H-pyrrole nitrogens is 1. The summed E-state index contributed by atoms with van der Waals surface area (Å²) in [6.07, 6.45) is 2.20. The number of anilines is 1. The Kier molecular flexibility index (Phi) is 6.15. The standard InChI is InChI=1S/C15H16N6O.HI/c16-15(18-11-5-2-1-3-6-11)17-9-8-13-19-14(21-20-13)12-7-4-10-22-12;/h1-7,10H,8-9H2,(H3,16,17,18)(H,19,20,21);1H. The first-order valence-electron chi connectivity index (χ1n) is 6.88. The van der Waals surface area contributed by atoms with Crippen molar-refractivity contribution in [2.24, 2.45) is 10.7 Å². The summed E-state index contributed by atoms with van der Waals surface area (Å²) in [5, 5.41) is 9.99. The minimum absolute atomic E-state index is 0. The minimum atomic E-state index is 0. The molecular formula is C15H17IN6O. The van der Waals surface area contributed by atoms with Crippen molar-refractivity contribution in [3.63, 3.8) is 0 Å². The molecule has 8 heteroatoms. The first-order valence-corrected chi connectivity index (χ1v) is 6.88. The molecule has 4 N–H and O–H groups in total. The molecule has 2 heterocycles. The number of hydrogen-bond acceptors (Lipinski definition) is 4. The molecule has 2 aromatic heterocycles. The van der Waals surface area contributed by atoms with Crippen LogP contribution < -0.4 is 11.1 Å². The van der Waals surface area contributed by atoms with Crippen molar-refractivity contribution in [2.75, 3.05) is 11.9 Å². The van der Waals surface area contributed by atoms with Crippen molar-refractivity contribution in [1.29, 1.82) is 0 Å². The molecular weight excluding hydrogens is 407 g/mol. The molecule has 1 aromatic carbocycles. The number of rotatable bonds is 5. The average Bonchev–Trinajstić information content (AvgIpc) is 3.19. The van der Waals surface area contributed by atoms with Crippen LogP contribution >= 0.6 is 24.0 Å². The Bertz CT molecular complexity index is 738. The van der Waals surface area contributed by atoms with Gasteiger partial charge in [0.1, 0.15) is 5.82 Å². The summed E-state index contributed by atoms with van der Waals surface area (Å²) >= 11 is 0. The monoisotopic (exact) mass is 424 g/mol. The molecule has 0 atom stereocenters. The highest BCUT2D eigenvalue weighted by Gasteiger charge is 2.07. The Morgan fingerprint density at radius 2 is 2.04 bits per heavy atom. The lowest BCUT2D eigenvalue weighted by atomic mass is 10.3. The summed E-state index contributed by atoms with van der Waals surface area (Å²) in [7, 11) is 0. The molecule has 0 radical (unpaired) electrons. The van der Waals surface area contributed by atoms with Gasteiger partial charge in [-0.25, -0.2) is 4.98 Å². The maximum absolute atomic E-state index is 5.83. The van der Waals surface area contributed by atoms with Gasteiger partial charge in [-0.3, -0.25) is 10.1 Å². The van der Waals surface area contributed by atoms with Gasteiger partial charge in [0.15, 0.2) is 11.7 Å². The summed E-state index contributed by atoms with van der Waals surface area (Å²) in [5.41, 5.74) is 6.74. The molecule has 0 bridgehead atoms. The second kappa shape index (κ2) is 8.32. The van der Waals surface area contributed by atoms with Gasteiger partial charge in [0.05, 0.1) is 6.26 Å². The topological polar surface area (TPSA) is 105 Å². The smallest absolute Gasteiger partial charge is 0.216 e. The van der Waals surface area contributed by atoms with Gasteiger partial charge in [-0.05, 0) is 24.3 Å². The van der Waals surface area contributed by atoms with Crippen molar-refractivity contribution in [2.45, 2.75) is 6.42 Å². The van der Waals surface area contributed by atoms with E-state index in [9.17, 15) is 0 Å². The van der Waals surface area contributed by atoms with Gasteiger partial charge in [0.25, 0.3) is 0 Å². The van der Waals surface area contributed by atoms with Crippen LogP contribution in [0.2, 0.25) is 0 Å². The van der Waals surface area contributed by atoms with Crippen LogP contribution in [-0.2, 0) is 6.42 Å². The van der Waals surface area contributed by atoms with E-state index in [1.54, 1.807) is 12.3 Å². The van der Waals surface area contributed by atoms with Crippen LogP contribution in [0.3, 0.4) is 0 Å². The largest absolute Gasteiger partial charge is 0.461 e. The number of furan rings is 1. The van der Waals surface area contributed by atoms with Gasteiger partial charge in [-0.15, -0.1) is 24.0 Å². The fourth-order valence-corrected chi connectivity index (χ4v) is 1.91. The Labute approximate surface area is 150 Å². The number of nitrogens with two attached hydrogens (primary N) is 1. The molecule has 3 rings (SSSR count). The highest BCUT2D eigenvalue weighted by Crippen LogP contribution is 2.14. The maximum atomic E-state index is 5.83. The highest BCUT2D eigenvalue weighted by atomic mass is 127. The van der Waals surface area contributed by atoms with Crippen LogP contribution in [0.25, 0.3) is 11.6 Å². The van der Waals surface area contributed by atoms with Crippen molar-refractivity contribution in [1.82, 2.24) is 15.2 Å². The van der Waals surface area contributed by atoms with E-state index in [2.05, 4.69) is 25.5 Å². The highest BCUT2D eigenvalue weighted by molar-refractivity contribution is 14.0. The second-order valence-electron chi connectivity index (χ2n) is 4.59. The van der Waals surface area contributed by atoms with Crippen molar-refractivity contribution in [3.05, 3.63) is 54.6 Å². The van der Waals surface area contributed by atoms with Crippen LogP contribution in [-0.4, -0.2) is 27.7 Å². The number of halogens is 1. The van der Waals surface area contributed by atoms with Crippen LogP contribution in [0, 0.1) is 0 Å². The molecule has 0 fully saturated rings. The molecule has 0 aliphatic carbocycles. The van der Waals surface area contributed by atoms with Gasteiger partial charge in [0, 0.05) is 18.7 Å². The van der Waals surface area contributed by atoms with Gasteiger partial charge >= 0.3 is 0 Å². The Balaban J connectivity index is 0.00000192. The van der Waals surface area contributed by atoms with E-state index in [0.717, 1.165) is 11.5 Å². The molecule has 120 valence electrons.